The molecule has 0 fully saturated rings. The van der Waals surface area contributed by atoms with Crippen LogP contribution in [0.2, 0.25) is 0 Å². The summed E-state index contributed by atoms with van der Waals surface area (Å²) in [5, 5.41) is 15.1. The van der Waals surface area contributed by atoms with Crippen LogP contribution in [0.1, 0.15) is 17.3 Å². The standard InChI is InChI=1S/C13H15N3O6S/c1-7(11(17)15-13(19)14-2)22-12(18)8-4-5-10(23-3)9(6-8)16(20)21/h4-7H,1-3H3,(H2,14,15,17,19)/t7-/m0/s1. The largest absolute Gasteiger partial charge is 0.449 e. The zero-order valence-electron chi connectivity index (χ0n) is 12.6. The second-order valence-electron chi connectivity index (χ2n) is 4.26. The summed E-state index contributed by atoms with van der Waals surface area (Å²) in [4.78, 5) is 45.3. The molecule has 0 spiro atoms. The Balaban J connectivity index is 2.86. The highest BCUT2D eigenvalue weighted by atomic mass is 32.2. The molecule has 0 aliphatic rings. The first-order chi connectivity index (χ1) is 10.8. The molecule has 23 heavy (non-hydrogen) atoms. The highest BCUT2D eigenvalue weighted by Crippen LogP contribution is 2.28. The lowest BCUT2D eigenvalue weighted by Gasteiger charge is -2.12. The SMILES string of the molecule is CNC(=O)NC(=O)[C@H](C)OC(=O)c1ccc(SC)c([N+](=O)[O-])c1. The molecule has 0 aliphatic heterocycles. The van der Waals surface area contributed by atoms with Crippen molar-refractivity contribution in [2.24, 2.45) is 0 Å². The topological polar surface area (TPSA) is 128 Å². The second-order valence-corrected chi connectivity index (χ2v) is 5.11. The van der Waals surface area contributed by atoms with Gasteiger partial charge in [-0.05, 0) is 25.3 Å². The van der Waals surface area contributed by atoms with Gasteiger partial charge in [0.2, 0.25) is 0 Å². The smallest absolute Gasteiger partial charge is 0.339 e. The molecule has 0 radical (unpaired) electrons. The van der Waals surface area contributed by atoms with Gasteiger partial charge >= 0.3 is 12.0 Å². The van der Waals surface area contributed by atoms with E-state index >= 15 is 0 Å². The number of esters is 1. The van der Waals surface area contributed by atoms with Gasteiger partial charge in [0.25, 0.3) is 11.6 Å². The summed E-state index contributed by atoms with van der Waals surface area (Å²) in [7, 11) is 1.33. The van der Waals surface area contributed by atoms with Crippen LogP contribution in [0.25, 0.3) is 0 Å². The quantitative estimate of drug-likeness (QED) is 0.358. The first kappa shape index (κ1) is 18.4. The van der Waals surface area contributed by atoms with Gasteiger partial charge in [0.15, 0.2) is 6.10 Å². The molecule has 124 valence electrons. The molecule has 1 atom stereocenters. The fourth-order valence-corrected chi connectivity index (χ4v) is 2.06. The molecule has 0 unspecified atom stereocenters. The number of amides is 3. The Morgan fingerprint density at radius 3 is 2.52 bits per heavy atom. The first-order valence-electron chi connectivity index (χ1n) is 6.36. The number of thioether (sulfide) groups is 1. The fraction of sp³-hybridized carbons (Fsp3) is 0.308. The minimum atomic E-state index is -1.24. The molecule has 10 heteroatoms. The van der Waals surface area contributed by atoms with E-state index < -0.39 is 28.9 Å². The van der Waals surface area contributed by atoms with Crippen molar-refractivity contribution < 1.29 is 24.0 Å². The Morgan fingerprint density at radius 2 is 2.00 bits per heavy atom. The van der Waals surface area contributed by atoms with Gasteiger partial charge in [0, 0.05) is 13.1 Å². The number of ether oxygens (including phenoxy) is 1. The number of carbonyl (C=O) groups excluding carboxylic acids is 3. The van der Waals surface area contributed by atoms with Crippen LogP contribution in [0.5, 0.6) is 0 Å². The highest BCUT2D eigenvalue weighted by Gasteiger charge is 2.23. The predicted octanol–water partition coefficient (Wildman–Crippen LogP) is 1.32. The fourth-order valence-electron chi connectivity index (χ4n) is 1.52. The second kappa shape index (κ2) is 8.13. The molecule has 2 N–H and O–H groups in total. The van der Waals surface area contributed by atoms with Gasteiger partial charge in [-0.2, -0.15) is 0 Å². The third-order valence-electron chi connectivity index (χ3n) is 2.73. The summed E-state index contributed by atoms with van der Waals surface area (Å²) >= 11 is 1.17. The van der Waals surface area contributed by atoms with Crippen molar-refractivity contribution in [3.8, 4) is 0 Å². The summed E-state index contributed by atoms with van der Waals surface area (Å²) in [6.07, 6.45) is 0.435. The third-order valence-corrected chi connectivity index (χ3v) is 3.51. The van der Waals surface area contributed by atoms with E-state index in [1.165, 1.54) is 37.9 Å². The number of nitrogens with zero attached hydrogens (tertiary/aromatic N) is 1. The summed E-state index contributed by atoms with van der Waals surface area (Å²) in [5.41, 5.74) is -0.288. The van der Waals surface area contributed by atoms with Crippen molar-refractivity contribution in [3.63, 3.8) is 0 Å². The first-order valence-corrected chi connectivity index (χ1v) is 7.58. The number of hydrogen-bond acceptors (Lipinski definition) is 7. The summed E-state index contributed by atoms with van der Waals surface area (Å²) in [6, 6.07) is 3.13. The van der Waals surface area contributed by atoms with Crippen LogP contribution in [0.3, 0.4) is 0 Å². The molecule has 0 saturated heterocycles. The lowest BCUT2D eigenvalue weighted by molar-refractivity contribution is -0.387. The molecule has 3 amide bonds. The normalized spacial score (nSPS) is 11.3. The van der Waals surface area contributed by atoms with Crippen LogP contribution in [-0.4, -0.2) is 42.2 Å². The molecule has 0 saturated carbocycles. The highest BCUT2D eigenvalue weighted by molar-refractivity contribution is 7.98. The molecule has 1 rings (SSSR count). The number of imide groups is 1. The maximum absolute atomic E-state index is 12.0. The van der Waals surface area contributed by atoms with E-state index in [9.17, 15) is 24.5 Å². The number of nitro benzene ring substituents is 1. The van der Waals surface area contributed by atoms with Crippen molar-refractivity contribution in [1.29, 1.82) is 0 Å². The van der Waals surface area contributed by atoms with Crippen molar-refractivity contribution in [3.05, 3.63) is 33.9 Å². The molecule has 1 aromatic rings. The summed E-state index contributed by atoms with van der Waals surface area (Å²) < 4.78 is 4.89. The Morgan fingerprint density at radius 1 is 1.35 bits per heavy atom. The number of nitro groups is 1. The van der Waals surface area contributed by atoms with E-state index in [1.54, 1.807) is 6.26 Å². The summed E-state index contributed by atoms with van der Waals surface area (Å²) in [6.45, 7) is 1.28. The molecule has 0 heterocycles. The lowest BCUT2D eigenvalue weighted by atomic mass is 10.2. The van der Waals surface area contributed by atoms with Crippen LogP contribution < -0.4 is 10.6 Å². The Kier molecular flexibility index (Phi) is 6.51. The van der Waals surface area contributed by atoms with E-state index in [0.29, 0.717) is 4.90 Å². The van der Waals surface area contributed by atoms with Crippen molar-refractivity contribution >= 4 is 35.4 Å². The zero-order chi connectivity index (χ0) is 17.6. The van der Waals surface area contributed by atoms with Gasteiger partial charge in [0.1, 0.15) is 0 Å². The van der Waals surface area contributed by atoms with Gasteiger partial charge in [-0.25, -0.2) is 9.59 Å². The van der Waals surface area contributed by atoms with Crippen LogP contribution in [0, 0.1) is 10.1 Å². The van der Waals surface area contributed by atoms with Gasteiger partial charge in [0.05, 0.1) is 15.4 Å². The number of benzene rings is 1. The number of nitrogens with one attached hydrogen (secondary N) is 2. The molecular formula is C13H15N3O6S. The van der Waals surface area contributed by atoms with Crippen LogP contribution in [-0.2, 0) is 9.53 Å². The zero-order valence-corrected chi connectivity index (χ0v) is 13.4. The van der Waals surface area contributed by atoms with E-state index in [4.69, 9.17) is 4.74 Å². The maximum atomic E-state index is 12.0. The summed E-state index contributed by atoms with van der Waals surface area (Å²) in [5.74, 6) is -1.71. The van der Waals surface area contributed by atoms with Gasteiger partial charge in [-0.15, -0.1) is 11.8 Å². The molecule has 9 nitrogen and oxygen atoms in total. The number of carbonyl (C=O) groups is 3. The Labute approximate surface area is 135 Å². The minimum absolute atomic E-state index is 0.0610. The maximum Gasteiger partial charge on any atom is 0.339 e. The van der Waals surface area contributed by atoms with Crippen LogP contribution >= 0.6 is 11.8 Å². The van der Waals surface area contributed by atoms with Gasteiger partial charge in [-0.1, -0.05) is 0 Å². The predicted molar refractivity (Wildman–Crippen MR) is 82.4 cm³/mol. The number of rotatable bonds is 5. The Bertz CT molecular complexity index is 649. The lowest BCUT2D eigenvalue weighted by Crippen LogP contribution is -2.43. The average Bonchev–Trinajstić information content (AvgIpc) is 2.53. The molecule has 0 bridgehead atoms. The number of hydrogen-bond donors (Lipinski definition) is 2. The van der Waals surface area contributed by atoms with Crippen molar-refractivity contribution in [1.82, 2.24) is 10.6 Å². The van der Waals surface area contributed by atoms with Crippen LogP contribution in [0.4, 0.5) is 10.5 Å². The molecule has 1 aromatic carbocycles. The van der Waals surface area contributed by atoms with Gasteiger partial charge < -0.3 is 10.1 Å². The van der Waals surface area contributed by atoms with Crippen molar-refractivity contribution in [2.75, 3.05) is 13.3 Å². The minimum Gasteiger partial charge on any atom is -0.449 e. The molecule has 0 aliphatic carbocycles. The van der Waals surface area contributed by atoms with E-state index in [-0.39, 0.29) is 11.3 Å². The van der Waals surface area contributed by atoms with Gasteiger partial charge in [-0.3, -0.25) is 20.2 Å². The van der Waals surface area contributed by atoms with E-state index in [1.807, 2.05) is 5.32 Å². The van der Waals surface area contributed by atoms with Crippen molar-refractivity contribution in [2.45, 2.75) is 17.9 Å². The average molecular weight is 341 g/mol. The molecule has 0 aromatic heterocycles. The van der Waals surface area contributed by atoms with Crippen LogP contribution in [0.15, 0.2) is 23.1 Å². The number of urea groups is 1. The third kappa shape index (κ3) is 4.95. The van der Waals surface area contributed by atoms with E-state index in [0.717, 1.165) is 6.07 Å². The molecular weight excluding hydrogens is 326 g/mol. The van der Waals surface area contributed by atoms with E-state index in [2.05, 4.69) is 5.32 Å². The monoisotopic (exact) mass is 341 g/mol. The Hall–Kier alpha value is -2.62.